The van der Waals surface area contributed by atoms with Crippen molar-refractivity contribution in [3.05, 3.63) is 59.7 Å². The summed E-state index contributed by atoms with van der Waals surface area (Å²) in [5.41, 5.74) is 12.5. The van der Waals surface area contributed by atoms with Crippen LogP contribution in [0.25, 0.3) is 0 Å². The van der Waals surface area contributed by atoms with Gasteiger partial charge in [0.05, 0.1) is 17.0 Å². The Kier molecular flexibility index (Phi) is 4.93. The number of guanidine groups is 1. The first-order chi connectivity index (χ1) is 11.0. The average Bonchev–Trinajstić information content (AvgIpc) is 2.54. The molecule has 23 heavy (non-hydrogen) atoms. The summed E-state index contributed by atoms with van der Waals surface area (Å²) in [5.74, 6) is -0.223. The van der Waals surface area contributed by atoms with Crippen LogP contribution in [-0.2, 0) is 0 Å². The van der Waals surface area contributed by atoms with Gasteiger partial charge >= 0.3 is 5.97 Å². The van der Waals surface area contributed by atoms with Crippen LogP contribution in [0.5, 0.6) is 5.75 Å². The third-order valence-corrected chi connectivity index (χ3v) is 2.97. The molecule has 7 nitrogen and oxygen atoms in total. The van der Waals surface area contributed by atoms with E-state index in [0.717, 1.165) is 0 Å². The van der Waals surface area contributed by atoms with E-state index in [-0.39, 0.29) is 5.96 Å². The predicted molar refractivity (Wildman–Crippen MR) is 87.3 cm³/mol. The first-order valence-corrected chi connectivity index (χ1v) is 6.70. The van der Waals surface area contributed by atoms with Crippen LogP contribution in [0.2, 0.25) is 0 Å². The largest absolute Gasteiger partial charge is 0.423 e. The van der Waals surface area contributed by atoms with Crippen molar-refractivity contribution in [2.24, 2.45) is 21.6 Å². The number of nitrogens with two attached hydrogens (primary N) is 2. The summed E-state index contributed by atoms with van der Waals surface area (Å²) in [6, 6.07) is 13.0. The fourth-order valence-corrected chi connectivity index (χ4v) is 1.83. The summed E-state index contributed by atoms with van der Waals surface area (Å²) in [7, 11) is 0. The molecule has 118 valence electrons. The average molecular weight is 312 g/mol. The molecule has 0 aliphatic heterocycles. The number of carbonyl (C=O) groups is 1. The molecule has 2 aromatic rings. The summed E-state index contributed by atoms with van der Waals surface area (Å²) in [5, 5.41) is 11.9. The van der Waals surface area contributed by atoms with Crippen LogP contribution in [0.4, 0.5) is 5.69 Å². The van der Waals surface area contributed by atoms with Crippen LogP contribution in [0.1, 0.15) is 22.8 Å². The van der Waals surface area contributed by atoms with Gasteiger partial charge in [-0.1, -0.05) is 17.3 Å². The van der Waals surface area contributed by atoms with Gasteiger partial charge in [-0.05, 0) is 43.3 Å². The van der Waals surface area contributed by atoms with Crippen LogP contribution in [0.3, 0.4) is 0 Å². The zero-order chi connectivity index (χ0) is 16.8. The summed E-state index contributed by atoms with van der Waals surface area (Å²) >= 11 is 0. The van der Waals surface area contributed by atoms with Gasteiger partial charge in [0.2, 0.25) is 0 Å². The first-order valence-electron chi connectivity index (χ1n) is 6.70. The molecule has 0 saturated carbocycles. The van der Waals surface area contributed by atoms with E-state index in [1.54, 1.807) is 55.5 Å². The highest BCUT2D eigenvalue weighted by Crippen LogP contribution is 2.18. The SMILES string of the molecule is C/C(=N\O)c1cccc(OC(=O)c2ccc(N=C(N)N)cc2)c1. The molecule has 7 heteroatoms. The minimum absolute atomic E-state index is 0.0574. The Morgan fingerprint density at radius 1 is 1.09 bits per heavy atom. The number of rotatable bonds is 4. The lowest BCUT2D eigenvalue weighted by Crippen LogP contribution is -2.21. The fraction of sp³-hybridized carbons (Fsp3) is 0.0625. The second-order valence-corrected chi connectivity index (χ2v) is 4.69. The van der Waals surface area contributed by atoms with E-state index < -0.39 is 5.97 Å². The van der Waals surface area contributed by atoms with Crippen LogP contribution in [0, 0.1) is 0 Å². The van der Waals surface area contributed by atoms with E-state index in [1.807, 2.05) is 0 Å². The van der Waals surface area contributed by atoms with Crippen molar-refractivity contribution >= 4 is 23.3 Å². The number of nitrogens with zero attached hydrogens (tertiary/aromatic N) is 2. The molecule has 2 rings (SSSR count). The number of oxime groups is 1. The lowest BCUT2D eigenvalue weighted by atomic mass is 10.1. The molecule has 0 unspecified atom stereocenters. The van der Waals surface area contributed by atoms with Crippen molar-refractivity contribution in [1.29, 1.82) is 0 Å². The molecule has 2 aromatic carbocycles. The number of hydrogen-bond donors (Lipinski definition) is 3. The van der Waals surface area contributed by atoms with Crippen LogP contribution in [-0.4, -0.2) is 22.8 Å². The molecule has 0 spiro atoms. The minimum atomic E-state index is -0.517. The van der Waals surface area contributed by atoms with Crippen molar-refractivity contribution in [3.63, 3.8) is 0 Å². The Morgan fingerprint density at radius 2 is 1.78 bits per heavy atom. The minimum Gasteiger partial charge on any atom is -0.423 e. The molecule has 5 N–H and O–H groups in total. The summed E-state index contributed by atoms with van der Waals surface area (Å²) < 4.78 is 5.30. The van der Waals surface area contributed by atoms with E-state index in [0.29, 0.717) is 28.3 Å². The zero-order valence-electron chi connectivity index (χ0n) is 12.4. The van der Waals surface area contributed by atoms with Gasteiger partial charge in [0.1, 0.15) is 5.75 Å². The summed E-state index contributed by atoms with van der Waals surface area (Å²) in [6.45, 7) is 1.64. The summed E-state index contributed by atoms with van der Waals surface area (Å²) in [4.78, 5) is 16.0. The smallest absolute Gasteiger partial charge is 0.343 e. The molecular weight excluding hydrogens is 296 g/mol. The Morgan fingerprint density at radius 3 is 2.39 bits per heavy atom. The molecule has 0 radical (unpaired) electrons. The van der Waals surface area contributed by atoms with Crippen molar-refractivity contribution in [1.82, 2.24) is 0 Å². The molecule has 0 atom stereocenters. The molecule has 0 aliphatic rings. The van der Waals surface area contributed by atoms with Crippen LogP contribution in [0.15, 0.2) is 58.7 Å². The number of ether oxygens (including phenoxy) is 1. The van der Waals surface area contributed by atoms with E-state index >= 15 is 0 Å². The van der Waals surface area contributed by atoms with E-state index in [2.05, 4.69) is 10.1 Å². The second kappa shape index (κ2) is 7.08. The number of hydrogen-bond acceptors (Lipinski definition) is 5. The van der Waals surface area contributed by atoms with Crippen molar-refractivity contribution in [2.45, 2.75) is 6.92 Å². The van der Waals surface area contributed by atoms with Crippen molar-refractivity contribution < 1.29 is 14.7 Å². The Hall–Kier alpha value is -3.35. The molecule has 0 amide bonds. The number of benzene rings is 2. The predicted octanol–water partition coefficient (Wildman–Crippen LogP) is 2.01. The van der Waals surface area contributed by atoms with Crippen molar-refractivity contribution in [3.8, 4) is 5.75 Å². The van der Waals surface area contributed by atoms with E-state index in [9.17, 15) is 4.79 Å². The topological polar surface area (TPSA) is 123 Å². The van der Waals surface area contributed by atoms with Crippen LogP contribution >= 0.6 is 0 Å². The van der Waals surface area contributed by atoms with E-state index in [4.69, 9.17) is 21.4 Å². The molecule has 0 bridgehead atoms. The third-order valence-electron chi connectivity index (χ3n) is 2.97. The summed E-state index contributed by atoms with van der Waals surface area (Å²) in [6.07, 6.45) is 0. The van der Waals surface area contributed by atoms with Gasteiger partial charge in [0, 0.05) is 5.56 Å². The maximum absolute atomic E-state index is 12.1. The Balaban J connectivity index is 2.14. The Bertz CT molecular complexity index is 763. The molecule has 0 fully saturated rings. The highest BCUT2D eigenvalue weighted by atomic mass is 16.5. The van der Waals surface area contributed by atoms with E-state index in [1.165, 1.54) is 0 Å². The number of esters is 1. The molecular formula is C16H16N4O3. The lowest BCUT2D eigenvalue weighted by molar-refractivity contribution is 0.0735. The third kappa shape index (κ3) is 4.31. The second-order valence-electron chi connectivity index (χ2n) is 4.69. The normalized spacial score (nSPS) is 10.9. The monoisotopic (exact) mass is 312 g/mol. The first kappa shape index (κ1) is 16.0. The fourth-order valence-electron chi connectivity index (χ4n) is 1.83. The van der Waals surface area contributed by atoms with Gasteiger partial charge < -0.3 is 21.4 Å². The standard InChI is InChI=1S/C16H16N4O3/c1-10(20-22)12-3-2-4-14(9-12)23-15(21)11-5-7-13(8-6-11)19-16(17)18/h2-9,22H,1H3,(H4,17,18,19)/b20-10+. The van der Waals surface area contributed by atoms with Gasteiger partial charge in [-0.2, -0.15) is 0 Å². The van der Waals surface area contributed by atoms with Crippen LogP contribution < -0.4 is 16.2 Å². The Labute approximate surface area is 132 Å². The lowest BCUT2D eigenvalue weighted by Gasteiger charge is -2.06. The van der Waals surface area contributed by atoms with Gasteiger partial charge in [-0.15, -0.1) is 0 Å². The maximum Gasteiger partial charge on any atom is 0.343 e. The van der Waals surface area contributed by atoms with Gasteiger partial charge in [0.15, 0.2) is 5.96 Å². The van der Waals surface area contributed by atoms with Crippen molar-refractivity contribution in [2.75, 3.05) is 0 Å². The molecule has 0 aliphatic carbocycles. The van der Waals surface area contributed by atoms with Gasteiger partial charge in [-0.25, -0.2) is 9.79 Å². The molecule has 0 saturated heterocycles. The quantitative estimate of drug-likeness (QED) is 0.199. The highest BCUT2D eigenvalue weighted by molar-refractivity contribution is 5.99. The van der Waals surface area contributed by atoms with Gasteiger partial charge in [0.25, 0.3) is 0 Å². The maximum atomic E-state index is 12.1. The molecule has 0 aromatic heterocycles. The zero-order valence-corrected chi connectivity index (χ0v) is 12.4. The highest BCUT2D eigenvalue weighted by Gasteiger charge is 2.09. The number of carbonyl (C=O) groups excluding carboxylic acids is 1. The molecule has 0 heterocycles. The van der Waals surface area contributed by atoms with Gasteiger partial charge in [-0.3, -0.25) is 0 Å². The number of aliphatic imine (C=N–C) groups is 1.